The average molecular weight is 629 g/mol. The zero-order chi connectivity index (χ0) is 26.1. The highest BCUT2D eigenvalue weighted by molar-refractivity contribution is 14.1. The third-order valence-corrected chi connectivity index (χ3v) is 7.32. The number of methoxy groups -OCH3 is 1. The van der Waals surface area contributed by atoms with E-state index in [1.54, 1.807) is 19.2 Å². The molecule has 4 rings (SSSR count). The van der Waals surface area contributed by atoms with Crippen molar-refractivity contribution in [1.82, 2.24) is 4.98 Å². The average Bonchev–Trinajstić information content (AvgIpc) is 3.09. The number of hydrogen-bond acceptors (Lipinski definition) is 6. The fourth-order valence-electron chi connectivity index (χ4n) is 4.11. The molecule has 0 amide bonds. The van der Waals surface area contributed by atoms with Crippen LogP contribution in [0.25, 0.3) is 17.2 Å². The Morgan fingerprint density at radius 2 is 1.89 bits per heavy atom. The van der Waals surface area contributed by atoms with Crippen molar-refractivity contribution in [2.45, 2.75) is 20.5 Å². The van der Waals surface area contributed by atoms with Crippen LogP contribution in [0.1, 0.15) is 40.4 Å². The normalized spacial score (nSPS) is 13.4. The van der Waals surface area contributed by atoms with Gasteiger partial charge in [0.2, 0.25) is 0 Å². The summed E-state index contributed by atoms with van der Waals surface area (Å²) in [5.41, 5.74) is 11.9. The van der Waals surface area contributed by atoms with E-state index in [0.29, 0.717) is 43.9 Å². The number of nitrogens with two attached hydrogens (primary N) is 1. The van der Waals surface area contributed by atoms with Crippen LogP contribution in [-0.2, 0) is 6.61 Å². The number of halogens is 3. The summed E-state index contributed by atoms with van der Waals surface area (Å²) in [7, 11) is 1.57. The predicted octanol–water partition coefficient (Wildman–Crippen LogP) is 7.19. The quantitative estimate of drug-likeness (QED) is 0.300. The van der Waals surface area contributed by atoms with Crippen LogP contribution >= 0.6 is 45.8 Å². The first-order valence-electron chi connectivity index (χ1n) is 10.7. The van der Waals surface area contributed by atoms with Crippen molar-refractivity contribution >= 4 is 68.8 Å². The number of allylic oxidation sites excluding steroid dienone is 3. The van der Waals surface area contributed by atoms with Crippen molar-refractivity contribution in [2.75, 3.05) is 12.8 Å². The molecule has 0 unspecified atom stereocenters. The molecule has 3 aromatic rings. The summed E-state index contributed by atoms with van der Waals surface area (Å²) < 4.78 is 12.5. The molecular formula is C27H19Cl2IN4O2. The first-order valence-corrected chi connectivity index (χ1v) is 12.5. The summed E-state index contributed by atoms with van der Waals surface area (Å²) in [6.07, 6.45) is 1.95. The van der Waals surface area contributed by atoms with Gasteiger partial charge in [0.25, 0.3) is 0 Å². The summed E-state index contributed by atoms with van der Waals surface area (Å²) in [6.45, 7) is 3.93. The maximum atomic E-state index is 9.79. The van der Waals surface area contributed by atoms with E-state index in [1.807, 2.05) is 38.1 Å². The van der Waals surface area contributed by atoms with E-state index in [2.05, 4.69) is 39.7 Å². The number of fused-ring (bicyclic) bond motifs is 1. The van der Waals surface area contributed by atoms with Crippen LogP contribution in [0.5, 0.6) is 11.5 Å². The van der Waals surface area contributed by atoms with Crippen molar-refractivity contribution in [3.63, 3.8) is 0 Å². The standard InChI is InChI=1S/C27H19Cl2IN4O2/c1-13-18(24-14(2)20(11-32)27(33)34-25(24)19(13)10-31)6-15-7-22(30)26(23(8-15)35-3)36-12-16-4-5-17(28)9-21(16)29/h4-9H,12H2,1-3H3,(H2,33,34). The summed E-state index contributed by atoms with van der Waals surface area (Å²) in [5.74, 6) is 1.25. The highest BCUT2D eigenvalue weighted by atomic mass is 127. The highest BCUT2D eigenvalue weighted by Crippen LogP contribution is 2.45. The minimum Gasteiger partial charge on any atom is -0.493 e. The molecule has 180 valence electrons. The Morgan fingerprint density at radius 1 is 1.14 bits per heavy atom. The molecule has 2 N–H and O–H groups in total. The number of hydrogen-bond donors (Lipinski definition) is 1. The molecule has 0 fully saturated rings. The lowest BCUT2D eigenvalue weighted by molar-refractivity contribution is 0.282. The van der Waals surface area contributed by atoms with E-state index in [0.717, 1.165) is 31.4 Å². The number of ether oxygens (including phenoxy) is 2. The lowest BCUT2D eigenvalue weighted by Gasteiger charge is -2.15. The van der Waals surface area contributed by atoms with Crippen molar-refractivity contribution in [1.29, 1.82) is 10.5 Å². The minimum absolute atomic E-state index is 0.120. The molecule has 1 heterocycles. The van der Waals surface area contributed by atoms with Crippen LogP contribution < -0.4 is 15.2 Å². The van der Waals surface area contributed by atoms with Gasteiger partial charge in [0.05, 0.1) is 27.5 Å². The van der Waals surface area contributed by atoms with Gasteiger partial charge in [0.1, 0.15) is 24.6 Å². The Hall–Kier alpha value is -3.24. The monoisotopic (exact) mass is 628 g/mol. The summed E-state index contributed by atoms with van der Waals surface area (Å²) >= 11 is 14.5. The number of nitriles is 2. The molecule has 1 aliphatic rings. The van der Waals surface area contributed by atoms with Gasteiger partial charge in [-0.15, -0.1) is 0 Å². The fraction of sp³-hybridized carbons (Fsp3) is 0.148. The molecule has 6 nitrogen and oxygen atoms in total. The van der Waals surface area contributed by atoms with E-state index in [4.69, 9.17) is 38.4 Å². The van der Waals surface area contributed by atoms with Gasteiger partial charge in [-0.25, -0.2) is 4.98 Å². The smallest absolute Gasteiger partial charge is 0.174 e. The fourth-order valence-corrected chi connectivity index (χ4v) is 5.36. The van der Waals surface area contributed by atoms with Gasteiger partial charge >= 0.3 is 0 Å². The van der Waals surface area contributed by atoms with E-state index < -0.39 is 0 Å². The Kier molecular flexibility index (Phi) is 7.46. The maximum absolute atomic E-state index is 9.79. The third-order valence-electron chi connectivity index (χ3n) is 5.93. The van der Waals surface area contributed by atoms with Crippen LogP contribution in [0.4, 0.5) is 5.82 Å². The molecule has 0 bridgehead atoms. The van der Waals surface area contributed by atoms with Gasteiger partial charge in [-0.3, -0.25) is 0 Å². The summed E-state index contributed by atoms with van der Waals surface area (Å²) in [6, 6.07) is 13.4. The van der Waals surface area contributed by atoms with Gasteiger partial charge in [-0.2, -0.15) is 10.5 Å². The zero-order valence-electron chi connectivity index (χ0n) is 19.5. The summed E-state index contributed by atoms with van der Waals surface area (Å²) in [4.78, 5) is 4.38. The molecule has 0 saturated heterocycles. The van der Waals surface area contributed by atoms with Crippen LogP contribution in [0.2, 0.25) is 10.0 Å². The van der Waals surface area contributed by atoms with Crippen molar-refractivity contribution < 1.29 is 9.47 Å². The second-order valence-electron chi connectivity index (χ2n) is 8.06. The van der Waals surface area contributed by atoms with Crippen molar-refractivity contribution in [3.05, 3.63) is 83.0 Å². The van der Waals surface area contributed by atoms with Crippen LogP contribution in [0.15, 0.2) is 35.9 Å². The molecule has 2 aromatic carbocycles. The topological polar surface area (TPSA) is 105 Å². The first-order chi connectivity index (χ1) is 17.2. The predicted molar refractivity (Wildman–Crippen MR) is 151 cm³/mol. The molecule has 9 heteroatoms. The number of anilines is 1. The number of pyridine rings is 1. The SMILES string of the molecule is COc1cc(C=C2C(C)=C(C#N)c3nc(N)c(C#N)c(C)c32)cc(I)c1OCc1ccc(Cl)cc1Cl. The number of nitrogens with zero attached hydrogens (tertiary/aromatic N) is 3. The first kappa shape index (κ1) is 25.8. The molecule has 36 heavy (non-hydrogen) atoms. The van der Waals surface area contributed by atoms with Crippen LogP contribution in [0, 0.1) is 33.2 Å². The van der Waals surface area contributed by atoms with E-state index >= 15 is 0 Å². The minimum atomic E-state index is 0.120. The Balaban J connectivity index is 1.77. The largest absolute Gasteiger partial charge is 0.493 e. The second-order valence-corrected chi connectivity index (χ2v) is 10.1. The number of benzene rings is 2. The molecule has 0 atom stereocenters. The van der Waals surface area contributed by atoms with Gasteiger partial charge in [-0.1, -0.05) is 29.3 Å². The van der Waals surface area contributed by atoms with Crippen molar-refractivity contribution in [3.8, 4) is 23.6 Å². The zero-order valence-corrected chi connectivity index (χ0v) is 23.2. The van der Waals surface area contributed by atoms with Gasteiger partial charge in [0, 0.05) is 21.2 Å². The Morgan fingerprint density at radius 3 is 2.53 bits per heavy atom. The molecule has 1 aromatic heterocycles. The Bertz CT molecular complexity index is 1570. The van der Waals surface area contributed by atoms with Crippen molar-refractivity contribution in [2.24, 2.45) is 0 Å². The summed E-state index contributed by atoms with van der Waals surface area (Å²) in [5, 5.41) is 20.4. The van der Waals surface area contributed by atoms with Gasteiger partial charge in [-0.05, 0) is 89.1 Å². The number of rotatable bonds is 5. The third kappa shape index (κ3) is 4.62. The van der Waals surface area contributed by atoms with Crippen LogP contribution in [0.3, 0.4) is 0 Å². The van der Waals surface area contributed by atoms with E-state index in [1.165, 1.54) is 0 Å². The maximum Gasteiger partial charge on any atom is 0.174 e. The molecule has 0 saturated carbocycles. The lowest BCUT2D eigenvalue weighted by atomic mass is 9.95. The Labute approximate surface area is 232 Å². The highest BCUT2D eigenvalue weighted by Gasteiger charge is 2.29. The van der Waals surface area contributed by atoms with Gasteiger partial charge in [0.15, 0.2) is 11.5 Å². The number of nitrogen functional groups attached to an aromatic ring is 1. The lowest BCUT2D eigenvalue weighted by Crippen LogP contribution is -2.04. The van der Waals surface area contributed by atoms with E-state index in [-0.39, 0.29) is 12.4 Å². The van der Waals surface area contributed by atoms with E-state index in [9.17, 15) is 10.5 Å². The molecule has 0 spiro atoms. The second kappa shape index (κ2) is 10.4. The molecule has 1 aliphatic carbocycles. The molecular weight excluding hydrogens is 610 g/mol. The van der Waals surface area contributed by atoms with Crippen LogP contribution in [-0.4, -0.2) is 12.1 Å². The number of aromatic nitrogens is 1. The van der Waals surface area contributed by atoms with Gasteiger partial charge < -0.3 is 15.2 Å². The molecule has 0 aliphatic heterocycles. The molecule has 0 radical (unpaired) electrons.